The zero-order chi connectivity index (χ0) is 15.4. The van der Waals surface area contributed by atoms with Crippen molar-refractivity contribution < 1.29 is 8.78 Å². The fourth-order valence-corrected chi connectivity index (χ4v) is 2.23. The molecule has 2 aromatic carbocycles. The van der Waals surface area contributed by atoms with Crippen LogP contribution < -0.4 is 5.32 Å². The molecule has 0 saturated carbocycles. The van der Waals surface area contributed by atoms with Crippen LogP contribution in [0.1, 0.15) is 11.1 Å². The van der Waals surface area contributed by atoms with Gasteiger partial charge in [0.25, 0.3) is 0 Å². The van der Waals surface area contributed by atoms with Crippen molar-refractivity contribution in [3.05, 3.63) is 89.8 Å². The monoisotopic (exact) mass is 296 g/mol. The summed E-state index contributed by atoms with van der Waals surface area (Å²) in [4.78, 5) is 3.99. The van der Waals surface area contributed by atoms with E-state index in [9.17, 15) is 8.78 Å². The fraction of sp³-hybridized carbons (Fsp3) is 0.0556. The molecule has 0 saturated heterocycles. The minimum absolute atomic E-state index is 0.388. The summed E-state index contributed by atoms with van der Waals surface area (Å²) in [6, 6.07) is 15.1. The lowest BCUT2D eigenvalue weighted by atomic mass is 10.1. The summed E-state index contributed by atoms with van der Waals surface area (Å²) in [5.41, 5.74) is 3.51. The SMILES string of the molecule is Fc1cc(F)cc(Nc2ccc(Cc3ccncc3)cc2)c1. The normalized spacial score (nSPS) is 10.5. The minimum Gasteiger partial charge on any atom is -0.355 e. The average molecular weight is 296 g/mol. The lowest BCUT2D eigenvalue weighted by Crippen LogP contribution is -1.94. The Morgan fingerprint density at radius 2 is 1.32 bits per heavy atom. The molecule has 0 aliphatic carbocycles. The van der Waals surface area contributed by atoms with Crippen LogP contribution in [0.4, 0.5) is 20.2 Å². The van der Waals surface area contributed by atoms with Gasteiger partial charge in [-0.15, -0.1) is 0 Å². The molecule has 0 spiro atoms. The van der Waals surface area contributed by atoms with Gasteiger partial charge in [0.15, 0.2) is 0 Å². The van der Waals surface area contributed by atoms with Crippen LogP contribution in [0.3, 0.4) is 0 Å². The molecule has 3 aromatic rings. The summed E-state index contributed by atoms with van der Waals surface area (Å²) in [6.07, 6.45) is 4.35. The van der Waals surface area contributed by atoms with E-state index in [1.54, 1.807) is 12.4 Å². The summed E-state index contributed by atoms with van der Waals surface area (Å²) in [5.74, 6) is -1.20. The molecule has 0 radical (unpaired) electrons. The molecule has 22 heavy (non-hydrogen) atoms. The van der Waals surface area contributed by atoms with E-state index in [0.717, 1.165) is 23.7 Å². The van der Waals surface area contributed by atoms with E-state index in [4.69, 9.17) is 0 Å². The second kappa shape index (κ2) is 6.35. The molecule has 0 unspecified atom stereocenters. The number of halogens is 2. The van der Waals surface area contributed by atoms with Gasteiger partial charge in [-0.1, -0.05) is 12.1 Å². The Hall–Kier alpha value is -2.75. The van der Waals surface area contributed by atoms with E-state index in [1.807, 2.05) is 36.4 Å². The van der Waals surface area contributed by atoms with Gasteiger partial charge in [-0.3, -0.25) is 4.98 Å². The van der Waals surface area contributed by atoms with E-state index in [2.05, 4.69) is 10.3 Å². The van der Waals surface area contributed by atoms with Crippen molar-refractivity contribution in [1.82, 2.24) is 4.98 Å². The molecule has 0 bridgehead atoms. The molecule has 110 valence electrons. The molecular weight excluding hydrogens is 282 g/mol. The van der Waals surface area contributed by atoms with Gasteiger partial charge in [-0.05, 0) is 53.9 Å². The Bertz CT molecular complexity index is 736. The lowest BCUT2D eigenvalue weighted by molar-refractivity contribution is 0.584. The smallest absolute Gasteiger partial charge is 0.128 e. The van der Waals surface area contributed by atoms with Crippen LogP contribution in [0.15, 0.2) is 67.0 Å². The second-order valence-corrected chi connectivity index (χ2v) is 5.01. The fourth-order valence-electron chi connectivity index (χ4n) is 2.23. The maximum Gasteiger partial charge on any atom is 0.128 e. The minimum atomic E-state index is -0.600. The third-order valence-electron chi connectivity index (χ3n) is 3.26. The van der Waals surface area contributed by atoms with Gasteiger partial charge in [-0.2, -0.15) is 0 Å². The standard InChI is InChI=1S/C18H14F2N2/c19-15-10-16(20)12-18(11-15)22-17-3-1-13(2-4-17)9-14-5-7-21-8-6-14/h1-8,10-12,22H,9H2. The lowest BCUT2D eigenvalue weighted by Gasteiger charge is -2.08. The van der Waals surface area contributed by atoms with Crippen LogP contribution in [0, 0.1) is 11.6 Å². The van der Waals surface area contributed by atoms with Crippen molar-refractivity contribution in [3.63, 3.8) is 0 Å². The van der Waals surface area contributed by atoms with Gasteiger partial charge >= 0.3 is 0 Å². The molecule has 0 fully saturated rings. The van der Waals surface area contributed by atoms with E-state index in [0.29, 0.717) is 5.69 Å². The van der Waals surface area contributed by atoms with Gasteiger partial charge in [0.1, 0.15) is 11.6 Å². The zero-order valence-corrected chi connectivity index (χ0v) is 11.8. The summed E-state index contributed by atoms with van der Waals surface area (Å²) in [6.45, 7) is 0. The number of pyridine rings is 1. The van der Waals surface area contributed by atoms with Crippen molar-refractivity contribution in [1.29, 1.82) is 0 Å². The van der Waals surface area contributed by atoms with Gasteiger partial charge in [0.2, 0.25) is 0 Å². The molecule has 1 N–H and O–H groups in total. The highest BCUT2D eigenvalue weighted by atomic mass is 19.1. The van der Waals surface area contributed by atoms with Gasteiger partial charge in [0.05, 0.1) is 0 Å². The average Bonchev–Trinajstić information content (AvgIpc) is 2.49. The largest absolute Gasteiger partial charge is 0.355 e. The highest BCUT2D eigenvalue weighted by molar-refractivity contribution is 5.60. The van der Waals surface area contributed by atoms with Crippen molar-refractivity contribution >= 4 is 11.4 Å². The molecular formula is C18H14F2N2. The van der Waals surface area contributed by atoms with Gasteiger partial charge in [0, 0.05) is 29.8 Å². The number of rotatable bonds is 4. The molecule has 1 heterocycles. The molecule has 4 heteroatoms. The number of aromatic nitrogens is 1. The number of benzene rings is 2. The Kier molecular flexibility index (Phi) is 4.10. The number of anilines is 2. The molecule has 0 aliphatic rings. The first-order valence-electron chi connectivity index (χ1n) is 6.90. The van der Waals surface area contributed by atoms with Crippen LogP contribution in [-0.2, 0) is 6.42 Å². The van der Waals surface area contributed by atoms with E-state index in [1.165, 1.54) is 17.7 Å². The maximum absolute atomic E-state index is 13.2. The predicted octanol–water partition coefficient (Wildman–Crippen LogP) is 4.69. The molecule has 0 amide bonds. The van der Waals surface area contributed by atoms with Crippen molar-refractivity contribution in [2.24, 2.45) is 0 Å². The number of nitrogens with zero attached hydrogens (tertiary/aromatic N) is 1. The Morgan fingerprint density at radius 1 is 0.727 bits per heavy atom. The predicted molar refractivity (Wildman–Crippen MR) is 83.1 cm³/mol. The van der Waals surface area contributed by atoms with Crippen molar-refractivity contribution in [3.8, 4) is 0 Å². The molecule has 0 aliphatic heterocycles. The Balaban J connectivity index is 1.71. The molecule has 1 aromatic heterocycles. The first-order valence-corrected chi connectivity index (χ1v) is 6.90. The summed E-state index contributed by atoms with van der Waals surface area (Å²) in [7, 11) is 0. The number of nitrogens with one attached hydrogen (secondary N) is 1. The number of hydrogen-bond donors (Lipinski definition) is 1. The first kappa shape index (κ1) is 14.2. The van der Waals surface area contributed by atoms with Gasteiger partial charge in [-0.25, -0.2) is 8.78 Å². The third kappa shape index (κ3) is 3.67. The zero-order valence-electron chi connectivity index (χ0n) is 11.8. The molecule has 3 rings (SSSR count). The van der Waals surface area contributed by atoms with Crippen molar-refractivity contribution in [2.45, 2.75) is 6.42 Å². The van der Waals surface area contributed by atoms with Gasteiger partial charge < -0.3 is 5.32 Å². The molecule has 2 nitrogen and oxygen atoms in total. The summed E-state index contributed by atoms with van der Waals surface area (Å²) < 4.78 is 26.3. The highest BCUT2D eigenvalue weighted by Crippen LogP contribution is 2.20. The van der Waals surface area contributed by atoms with Crippen LogP contribution in [0.5, 0.6) is 0 Å². The van der Waals surface area contributed by atoms with Crippen LogP contribution in [0.2, 0.25) is 0 Å². The summed E-state index contributed by atoms with van der Waals surface area (Å²) >= 11 is 0. The van der Waals surface area contributed by atoms with Crippen molar-refractivity contribution in [2.75, 3.05) is 5.32 Å². The first-order chi connectivity index (χ1) is 10.7. The highest BCUT2D eigenvalue weighted by Gasteiger charge is 2.02. The Labute approximate surface area is 127 Å². The van der Waals surface area contributed by atoms with Crippen LogP contribution in [-0.4, -0.2) is 4.98 Å². The maximum atomic E-state index is 13.2. The topological polar surface area (TPSA) is 24.9 Å². The van der Waals surface area contributed by atoms with E-state index in [-0.39, 0.29) is 0 Å². The second-order valence-electron chi connectivity index (χ2n) is 5.01. The Morgan fingerprint density at radius 3 is 1.95 bits per heavy atom. The number of hydrogen-bond acceptors (Lipinski definition) is 2. The van der Waals surface area contributed by atoms with Crippen LogP contribution >= 0.6 is 0 Å². The van der Waals surface area contributed by atoms with Crippen LogP contribution in [0.25, 0.3) is 0 Å². The quantitative estimate of drug-likeness (QED) is 0.755. The third-order valence-corrected chi connectivity index (χ3v) is 3.26. The van der Waals surface area contributed by atoms with E-state index < -0.39 is 11.6 Å². The summed E-state index contributed by atoms with van der Waals surface area (Å²) in [5, 5.41) is 2.99. The molecule has 0 atom stereocenters. The van der Waals surface area contributed by atoms with E-state index >= 15 is 0 Å².